The number of halogens is 2. The predicted octanol–water partition coefficient (Wildman–Crippen LogP) is 1.20. The SMILES string of the molecule is CCCCNCC(=O)Nc1cc(N(C)C)c2c(c1O)C(O)=C1C(=O)[C@]3(O)C(O)=C(C(N)=O)C(=O)[C@@H](N(C)C)C3CC1C2.Cl.Cl. The summed E-state index contributed by atoms with van der Waals surface area (Å²) in [6, 6.07) is 0.422. The first-order valence-corrected chi connectivity index (χ1v) is 13.9. The molecule has 44 heavy (non-hydrogen) atoms. The summed E-state index contributed by atoms with van der Waals surface area (Å²) < 4.78 is 0. The van der Waals surface area contributed by atoms with Crippen molar-refractivity contribution < 1.29 is 39.6 Å². The number of hydrogen-bond donors (Lipinski definition) is 7. The van der Waals surface area contributed by atoms with Gasteiger partial charge in [-0.15, -0.1) is 24.8 Å². The van der Waals surface area contributed by atoms with Crippen molar-refractivity contribution in [1.82, 2.24) is 10.2 Å². The van der Waals surface area contributed by atoms with Gasteiger partial charge in [0.05, 0.1) is 23.8 Å². The Morgan fingerprint density at radius 2 is 1.75 bits per heavy atom. The molecule has 3 aliphatic rings. The van der Waals surface area contributed by atoms with E-state index in [1.807, 2.05) is 6.92 Å². The number of carbonyl (C=O) groups excluding carboxylic acids is 4. The Morgan fingerprint density at radius 3 is 2.30 bits per heavy atom. The molecule has 244 valence electrons. The fourth-order valence-electron chi connectivity index (χ4n) is 6.48. The number of benzene rings is 1. The number of phenols is 1. The number of primary amides is 1. The molecule has 0 heterocycles. The van der Waals surface area contributed by atoms with E-state index in [1.165, 1.54) is 4.90 Å². The van der Waals surface area contributed by atoms with E-state index >= 15 is 0 Å². The molecule has 4 atom stereocenters. The molecule has 15 heteroatoms. The summed E-state index contributed by atoms with van der Waals surface area (Å²) >= 11 is 0. The van der Waals surface area contributed by atoms with E-state index in [2.05, 4.69) is 10.6 Å². The number of likely N-dealkylation sites (N-methyl/N-ethyl adjacent to an activating group) is 1. The number of amides is 2. The minimum atomic E-state index is -2.72. The number of Topliss-reactive ketones (excluding diaryl/α,β-unsaturated/α-hetero) is 2. The zero-order chi connectivity index (χ0) is 31.3. The number of fused-ring (bicyclic) bond motifs is 3. The molecule has 0 aromatic heterocycles. The van der Waals surface area contributed by atoms with Gasteiger partial charge in [-0.3, -0.25) is 24.1 Å². The zero-order valence-corrected chi connectivity index (χ0v) is 26.9. The molecule has 0 spiro atoms. The molecule has 2 unspecified atom stereocenters. The molecule has 1 aromatic carbocycles. The molecule has 0 saturated heterocycles. The molecule has 0 aliphatic heterocycles. The van der Waals surface area contributed by atoms with Crippen LogP contribution in [0.1, 0.15) is 37.3 Å². The van der Waals surface area contributed by atoms with Gasteiger partial charge in [0.25, 0.3) is 5.91 Å². The summed E-state index contributed by atoms with van der Waals surface area (Å²) in [5.41, 5.74) is 2.51. The van der Waals surface area contributed by atoms with Gasteiger partial charge in [-0.05, 0) is 57.5 Å². The molecule has 0 radical (unpaired) electrons. The van der Waals surface area contributed by atoms with Gasteiger partial charge in [0, 0.05) is 31.3 Å². The molecule has 1 fully saturated rings. The lowest BCUT2D eigenvalue weighted by molar-refractivity contribution is -0.153. The average molecular weight is 659 g/mol. The number of aromatic hydroxyl groups is 1. The third kappa shape index (κ3) is 5.86. The highest BCUT2D eigenvalue weighted by molar-refractivity contribution is 6.24. The maximum atomic E-state index is 14.0. The summed E-state index contributed by atoms with van der Waals surface area (Å²) in [6.45, 7) is 2.66. The number of nitrogens with two attached hydrogens (primary N) is 1. The summed E-state index contributed by atoms with van der Waals surface area (Å²) in [6.07, 6.45) is 1.98. The van der Waals surface area contributed by atoms with Gasteiger partial charge in [-0.2, -0.15) is 0 Å². The van der Waals surface area contributed by atoms with Crippen molar-refractivity contribution in [2.75, 3.05) is 51.5 Å². The smallest absolute Gasteiger partial charge is 0.255 e. The van der Waals surface area contributed by atoms with Crippen LogP contribution in [0.4, 0.5) is 11.4 Å². The highest BCUT2D eigenvalue weighted by Crippen LogP contribution is 2.54. The van der Waals surface area contributed by atoms with E-state index in [4.69, 9.17) is 5.73 Å². The number of rotatable bonds is 9. The fraction of sp³-hybridized carbons (Fsp3) is 0.517. The lowest BCUT2D eigenvalue weighted by Gasteiger charge is -2.50. The van der Waals surface area contributed by atoms with Crippen LogP contribution in [0.5, 0.6) is 5.75 Å². The van der Waals surface area contributed by atoms with Crippen molar-refractivity contribution in [3.63, 3.8) is 0 Å². The second-order valence-electron chi connectivity index (χ2n) is 11.6. The Kier molecular flexibility index (Phi) is 11.5. The number of nitrogens with one attached hydrogen (secondary N) is 2. The maximum absolute atomic E-state index is 14.0. The number of nitrogens with zero attached hydrogens (tertiary/aromatic N) is 2. The number of aliphatic hydroxyl groups is 3. The number of ketones is 2. The van der Waals surface area contributed by atoms with Gasteiger partial charge in [0.15, 0.2) is 11.4 Å². The van der Waals surface area contributed by atoms with Gasteiger partial charge in [-0.1, -0.05) is 13.3 Å². The van der Waals surface area contributed by atoms with Gasteiger partial charge < -0.3 is 41.7 Å². The molecular weight excluding hydrogens is 617 g/mol. The number of carbonyl (C=O) groups is 4. The Balaban J connectivity index is 0.00000337. The van der Waals surface area contributed by atoms with Crippen LogP contribution in [0.25, 0.3) is 5.76 Å². The third-order valence-electron chi connectivity index (χ3n) is 8.45. The Bertz CT molecular complexity index is 1430. The molecular formula is C29H41Cl2N5O8. The van der Waals surface area contributed by atoms with Crippen molar-refractivity contribution in [2.24, 2.45) is 17.6 Å². The van der Waals surface area contributed by atoms with Gasteiger partial charge in [0.2, 0.25) is 11.7 Å². The van der Waals surface area contributed by atoms with Crippen molar-refractivity contribution in [3.05, 3.63) is 34.1 Å². The van der Waals surface area contributed by atoms with Crippen molar-refractivity contribution in [2.45, 2.75) is 44.2 Å². The molecule has 8 N–H and O–H groups in total. The van der Waals surface area contributed by atoms with Crippen LogP contribution in [-0.4, -0.2) is 102 Å². The molecule has 4 rings (SSSR count). The van der Waals surface area contributed by atoms with Crippen LogP contribution in [0.2, 0.25) is 0 Å². The number of unbranched alkanes of at least 4 members (excludes halogenated alkanes) is 1. The topological polar surface area (TPSA) is 206 Å². The minimum Gasteiger partial charge on any atom is -0.508 e. The molecule has 1 saturated carbocycles. The van der Waals surface area contributed by atoms with Crippen molar-refractivity contribution in [1.29, 1.82) is 0 Å². The first kappa shape index (κ1) is 36.8. The number of anilines is 2. The normalized spacial score (nSPS) is 24.1. The highest BCUT2D eigenvalue weighted by Gasteiger charge is 2.64. The maximum Gasteiger partial charge on any atom is 0.255 e. The fourth-order valence-corrected chi connectivity index (χ4v) is 6.48. The van der Waals surface area contributed by atoms with Crippen molar-refractivity contribution >= 4 is 65.3 Å². The summed E-state index contributed by atoms with van der Waals surface area (Å²) in [5, 5.41) is 51.2. The monoisotopic (exact) mass is 657 g/mol. The quantitative estimate of drug-likeness (QED) is 0.114. The van der Waals surface area contributed by atoms with Crippen molar-refractivity contribution in [3.8, 4) is 5.75 Å². The summed E-state index contributed by atoms with van der Waals surface area (Å²) in [4.78, 5) is 55.2. The third-order valence-corrected chi connectivity index (χ3v) is 8.45. The van der Waals surface area contributed by atoms with Crippen LogP contribution < -0.4 is 21.3 Å². The molecule has 1 aromatic rings. The van der Waals surface area contributed by atoms with Crippen LogP contribution in [0.15, 0.2) is 23.0 Å². The second kappa shape index (κ2) is 13.7. The first-order chi connectivity index (χ1) is 19.7. The minimum absolute atomic E-state index is 0. The lowest BCUT2D eigenvalue weighted by Crippen LogP contribution is -2.65. The lowest BCUT2D eigenvalue weighted by atomic mass is 9.57. The van der Waals surface area contributed by atoms with E-state index in [-0.39, 0.29) is 61.0 Å². The standard InChI is InChI=1S/C29H39N5O8.2ClH/c1-6-7-8-31-12-18(35)32-16-11-17(33(2)3)14-9-13-10-15-22(34(4)5)25(38)21(28(30)41)27(40)29(15,42)26(39)19(13)24(37)20(14)23(16)36;;/h11,13,15,22,31,36-37,40,42H,6-10,12H2,1-5H3,(H2,30,41)(H,32,35);2*1H/t13?,15?,22-,29-;;/m0../s1. The van der Waals surface area contributed by atoms with Crippen LogP contribution in [-0.2, 0) is 25.6 Å². The summed E-state index contributed by atoms with van der Waals surface area (Å²) in [5.74, 6) is -7.71. The van der Waals surface area contributed by atoms with Crippen LogP contribution in [0.3, 0.4) is 0 Å². The predicted molar refractivity (Wildman–Crippen MR) is 169 cm³/mol. The van der Waals surface area contributed by atoms with Crippen LogP contribution >= 0.6 is 24.8 Å². The van der Waals surface area contributed by atoms with E-state index in [9.17, 15) is 39.6 Å². The Morgan fingerprint density at radius 1 is 1.11 bits per heavy atom. The zero-order valence-electron chi connectivity index (χ0n) is 25.3. The molecule has 2 amide bonds. The van der Waals surface area contributed by atoms with E-state index in [0.29, 0.717) is 17.8 Å². The number of hydrogen-bond acceptors (Lipinski definition) is 11. The van der Waals surface area contributed by atoms with E-state index < -0.39 is 69.7 Å². The van der Waals surface area contributed by atoms with Crippen LogP contribution in [0, 0.1) is 11.8 Å². The number of phenolic OH excluding ortho intramolecular Hbond substituents is 1. The van der Waals surface area contributed by atoms with E-state index in [1.54, 1.807) is 39.2 Å². The first-order valence-electron chi connectivity index (χ1n) is 13.9. The molecule has 13 nitrogen and oxygen atoms in total. The molecule has 3 aliphatic carbocycles. The Labute approximate surface area is 268 Å². The highest BCUT2D eigenvalue weighted by atomic mass is 35.5. The largest absolute Gasteiger partial charge is 0.508 e. The summed E-state index contributed by atoms with van der Waals surface area (Å²) in [7, 11) is 6.60. The second-order valence-corrected chi connectivity index (χ2v) is 11.6. The number of aliphatic hydroxyl groups excluding tert-OH is 2. The van der Waals surface area contributed by atoms with E-state index in [0.717, 1.165) is 12.8 Å². The van der Waals surface area contributed by atoms with Gasteiger partial charge in [0.1, 0.15) is 22.8 Å². The Hall–Kier alpha value is -3.36. The average Bonchev–Trinajstić information content (AvgIpc) is 2.89. The molecule has 0 bridgehead atoms. The van der Waals surface area contributed by atoms with Gasteiger partial charge >= 0.3 is 0 Å². The van der Waals surface area contributed by atoms with Gasteiger partial charge in [-0.25, -0.2) is 0 Å².